The van der Waals surface area contributed by atoms with E-state index in [0.717, 1.165) is 46.8 Å². The third kappa shape index (κ3) is 14.5. The molecule has 2 N–H and O–H groups in total. The molecule has 3 aromatic carbocycles. The lowest BCUT2D eigenvalue weighted by molar-refractivity contribution is -0.139. The van der Waals surface area contributed by atoms with Crippen molar-refractivity contribution in [1.29, 1.82) is 0 Å². The van der Waals surface area contributed by atoms with Crippen molar-refractivity contribution in [3.05, 3.63) is 95.1 Å². The van der Waals surface area contributed by atoms with E-state index in [1.54, 1.807) is 13.2 Å². The Balaban J connectivity index is 0.000000438. The number of methoxy groups -OCH3 is 1. The number of aliphatic carboxylic acids is 1. The minimum atomic E-state index is -3.35. The summed E-state index contributed by atoms with van der Waals surface area (Å²) in [6, 6.07) is 22.7. The second-order valence-electron chi connectivity index (χ2n) is 12.3. The molecule has 1 saturated heterocycles. The second-order valence-corrected chi connectivity index (χ2v) is 15.8. The fourth-order valence-electron chi connectivity index (χ4n) is 5.18. The Morgan fingerprint density at radius 2 is 1.71 bits per heavy atom. The number of carboxylic acid groups (broad SMARTS) is 1. The molecule has 0 aromatic heterocycles. The lowest BCUT2D eigenvalue weighted by Crippen LogP contribution is -2.42. The smallest absolute Gasteiger partial charge is 0.326 e. The highest BCUT2D eigenvalue weighted by Crippen LogP contribution is 2.30. The SMILES string of the molecule is CCC(C)SC.COCc1ccccc1.Cc1ccccc1-c1cc(CN2CCCC2C)ccc1C(=O)NC(CCS(C)(=O)=O)C(=O)O. The Morgan fingerprint density at radius 3 is 2.23 bits per heavy atom. The number of hydrogen-bond acceptors (Lipinski definition) is 7. The molecule has 4 rings (SSSR count). The standard InChI is InChI=1S/C25H32N2O5S.C8H10O.C5H12S/c1-17-7-4-5-9-20(17)22-15-19(16-27-13-6-8-18(27)2)10-11-21(22)24(28)26-23(25(29)30)12-14-33(3,31)32;1-9-7-8-5-3-2-4-6-8;1-4-5(2)6-3/h4-5,7,9-11,15,18,23H,6,8,12-14,16H2,1-3H3,(H,26,28)(H,29,30);2-6H,7H2,1H3;5H,4H2,1-3H3. The van der Waals surface area contributed by atoms with Crippen molar-refractivity contribution in [1.82, 2.24) is 10.2 Å². The number of sulfone groups is 1. The Kier molecular flexibility index (Phi) is 18.0. The molecule has 264 valence electrons. The van der Waals surface area contributed by atoms with Gasteiger partial charge in [-0.2, -0.15) is 11.8 Å². The number of benzene rings is 3. The van der Waals surface area contributed by atoms with Crippen LogP contribution in [0.15, 0.2) is 72.8 Å². The Labute approximate surface area is 292 Å². The first-order valence-corrected chi connectivity index (χ1v) is 19.8. The number of thioether (sulfide) groups is 1. The van der Waals surface area contributed by atoms with Crippen LogP contribution in [0.4, 0.5) is 0 Å². The van der Waals surface area contributed by atoms with Gasteiger partial charge in [0.2, 0.25) is 0 Å². The van der Waals surface area contributed by atoms with Gasteiger partial charge >= 0.3 is 5.97 Å². The van der Waals surface area contributed by atoms with Crippen LogP contribution in [0, 0.1) is 6.92 Å². The summed E-state index contributed by atoms with van der Waals surface area (Å²) < 4.78 is 27.9. The first-order valence-electron chi connectivity index (χ1n) is 16.5. The van der Waals surface area contributed by atoms with Crippen LogP contribution >= 0.6 is 11.8 Å². The zero-order valence-electron chi connectivity index (χ0n) is 29.6. The van der Waals surface area contributed by atoms with Gasteiger partial charge in [-0.05, 0) is 92.3 Å². The van der Waals surface area contributed by atoms with E-state index < -0.39 is 27.8 Å². The van der Waals surface area contributed by atoms with E-state index in [1.165, 1.54) is 24.8 Å². The first kappa shape index (κ1) is 41.0. The number of likely N-dealkylation sites (tertiary alicyclic amines) is 1. The minimum absolute atomic E-state index is 0.190. The largest absolute Gasteiger partial charge is 0.480 e. The molecule has 10 heteroatoms. The van der Waals surface area contributed by atoms with Gasteiger partial charge in [0.25, 0.3) is 5.91 Å². The van der Waals surface area contributed by atoms with Crippen molar-refractivity contribution in [2.24, 2.45) is 0 Å². The maximum Gasteiger partial charge on any atom is 0.326 e. The molecular weight excluding hydrogens is 645 g/mol. The number of aryl methyl sites for hydroxylation is 1. The lowest BCUT2D eigenvalue weighted by atomic mass is 9.93. The van der Waals surface area contributed by atoms with E-state index >= 15 is 0 Å². The molecular formula is C38H54N2O6S2. The van der Waals surface area contributed by atoms with Crippen LogP contribution in [0.3, 0.4) is 0 Å². The molecule has 1 aliphatic rings. The van der Waals surface area contributed by atoms with Gasteiger partial charge in [-0.25, -0.2) is 13.2 Å². The fraction of sp³-hybridized carbons (Fsp3) is 0.474. The van der Waals surface area contributed by atoms with E-state index in [0.29, 0.717) is 18.2 Å². The molecule has 3 unspecified atom stereocenters. The third-order valence-electron chi connectivity index (χ3n) is 8.35. The van der Waals surface area contributed by atoms with Gasteiger partial charge in [-0.15, -0.1) is 0 Å². The number of amides is 1. The van der Waals surface area contributed by atoms with E-state index in [1.807, 2.05) is 85.4 Å². The third-order valence-corrected chi connectivity index (χ3v) is 10.5. The van der Waals surface area contributed by atoms with Crippen LogP contribution < -0.4 is 5.32 Å². The number of nitrogens with one attached hydrogen (secondary N) is 1. The van der Waals surface area contributed by atoms with Crippen molar-refractivity contribution >= 4 is 33.5 Å². The summed E-state index contributed by atoms with van der Waals surface area (Å²) >= 11 is 1.92. The molecule has 0 radical (unpaired) electrons. The molecule has 1 amide bonds. The average molecular weight is 699 g/mol. The minimum Gasteiger partial charge on any atom is -0.480 e. The summed E-state index contributed by atoms with van der Waals surface area (Å²) in [7, 11) is -1.65. The summed E-state index contributed by atoms with van der Waals surface area (Å²) in [5.74, 6) is -2.11. The van der Waals surface area contributed by atoms with Crippen molar-refractivity contribution in [2.45, 2.75) is 83.9 Å². The molecule has 8 nitrogen and oxygen atoms in total. The van der Waals surface area contributed by atoms with Crippen molar-refractivity contribution < 1.29 is 27.9 Å². The fourth-order valence-corrected chi connectivity index (χ4v) is 6.18. The normalized spacial score (nSPS) is 15.7. The predicted octanol–water partition coefficient (Wildman–Crippen LogP) is 7.24. The zero-order chi connectivity index (χ0) is 35.7. The maximum absolute atomic E-state index is 13.2. The van der Waals surface area contributed by atoms with Crippen LogP contribution in [0.2, 0.25) is 0 Å². The van der Waals surface area contributed by atoms with Crippen molar-refractivity contribution in [2.75, 3.05) is 31.9 Å². The molecule has 3 aromatic rings. The molecule has 0 spiro atoms. The van der Waals surface area contributed by atoms with E-state index in [2.05, 4.69) is 37.2 Å². The molecule has 0 saturated carbocycles. The first-order chi connectivity index (χ1) is 22.8. The van der Waals surface area contributed by atoms with E-state index in [-0.39, 0.29) is 12.2 Å². The van der Waals surface area contributed by atoms with Gasteiger partial charge in [-0.1, -0.05) is 74.5 Å². The Hall–Kier alpha value is -3.18. The van der Waals surface area contributed by atoms with Crippen molar-refractivity contribution in [3.63, 3.8) is 0 Å². The summed E-state index contributed by atoms with van der Waals surface area (Å²) in [6.07, 6.45) is 6.65. The zero-order valence-corrected chi connectivity index (χ0v) is 31.2. The number of hydrogen-bond donors (Lipinski definition) is 2. The second kappa shape index (κ2) is 21.0. The number of carboxylic acids is 1. The number of carbonyl (C=O) groups excluding carboxylic acids is 1. The maximum atomic E-state index is 13.2. The van der Waals surface area contributed by atoms with Gasteiger partial charge in [0.05, 0.1) is 12.4 Å². The predicted molar refractivity (Wildman–Crippen MR) is 199 cm³/mol. The molecule has 1 aliphatic heterocycles. The number of nitrogens with zero attached hydrogens (tertiary/aromatic N) is 1. The molecule has 3 atom stereocenters. The number of carbonyl (C=O) groups is 2. The van der Waals surface area contributed by atoms with Gasteiger partial charge in [0, 0.05) is 36.8 Å². The van der Waals surface area contributed by atoms with Crippen LogP contribution in [-0.2, 0) is 32.5 Å². The molecule has 48 heavy (non-hydrogen) atoms. The summed E-state index contributed by atoms with van der Waals surface area (Å²) in [4.78, 5) is 27.2. The highest BCUT2D eigenvalue weighted by Gasteiger charge is 2.25. The van der Waals surface area contributed by atoms with Gasteiger partial charge < -0.3 is 15.2 Å². The molecule has 1 fully saturated rings. The summed E-state index contributed by atoms with van der Waals surface area (Å²) in [5.41, 5.74) is 5.33. The number of ether oxygens (including phenoxy) is 1. The van der Waals surface area contributed by atoms with Crippen LogP contribution in [0.1, 0.15) is 73.5 Å². The van der Waals surface area contributed by atoms with E-state index in [4.69, 9.17) is 4.74 Å². The van der Waals surface area contributed by atoms with Crippen LogP contribution in [-0.4, -0.2) is 79.6 Å². The summed E-state index contributed by atoms with van der Waals surface area (Å²) in [5, 5.41) is 12.9. The Morgan fingerprint density at radius 1 is 1.04 bits per heavy atom. The van der Waals surface area contributed by atoms with Gasteiger partial charge in [0.15, 0.2) is 0 Å². The number of rotatable bonds is 13. The quantitative estimate of drug-likeness (QED) is 0.192. The van der Waals surface area contributed by atoms with Crippen LogP contribution in [0.5, 0.6) is 0 Å². The van der Waals surface area contributed by atoms with Gasteiger partial charge in [0.1, 0.15) is 15.9 Å². The van der Waals surface area contributed by atoms with Crippen LogP contribution in [0.25, 0.3) is 11.1 Å². The molecule has 0 bridgehead atoms. The molecule has 1 heterocycles. The Bertz CT molecular complexity index is 1530. The monoisotopic (exact) mass is 698 g/mol. The topological polar surface area (TPSA) is 113 Å². The summed E-state index contributed by atoms with van der Waals surface area (Å²) in [6.45, 7) is 11.2. The highest BCUT2D eigenvalue weighted by atomic mass is 32.2. The van der Waals surface area contributed by atoms with Gasteiger partial charge in [-0.3, -0.25) is 9.69 Å². The van der Waals surface area contributed by atoms with E-state index in [9.17, 15) is 23.1 Å². The molecule has 0 aliphatic carbocycles. The highest BCUT2D eigenvalue weighted by molar-refractivity contribution is 7.99. The average Bonchev–Trinajstić information content (AvgIpc) is 3.47. The van der Waals surface area contributed by atoms with Crippen molar-refractivity contribution in [3.8, 4) is 11.1 Å². The lowest BCUT2D eigenvalue weighted by Gasteiger charge is -2.22.